The van der Waals surface area contributed by atoms with Crippen LogP contribution in [0, 0.1) is 5.92 Å². The molecule has 1 fully saturated rings. The van der Waals surface area contributed by atoms with E-state index < -0.39 is 0 Å². The summed E-state index contributed by atoms with van der Waals surface area (Å²) in [6, 6.07) is 16.2. The number of aromatic hydroxyl groups is 1. The fraction of sp³-hybridized carbons (Fsp3) is 0.368. The SMILES string of the molecule is COc1ccc(O)c(C2CCCC2Cc2ccccc2)c1. The summed E-state index contributed by atoms with van der Waals surface area (Å²) < 4.78 is 5.31. The van der Waals surface area contributed by atoms with Crippen molar-refractivity contribution in [2.75, 3.05) is 7.11 Å². The van der Waals surface area contributed by atoms with Crippen LogP contribution >= 0.6 is 0 Å². The van der Waals surface area contributed by atoms with Gasteiger partial charge in [-0.05, 0) is 54.9 Å². The first-order valence-electron chi connectivity index (χ1n) is 7.69. The van der Waals surface area contributed by atoms with E-state index in [4.69, 9.17) is 4.74 Å². The Labute approximate surface area is 126 Å². The van der Waals surface area contributed by atoms with Crippen LogP contribution in [0.3, 0.4) is 0 Å². The maximum atomic E-state index is 10.2. The van der Waals surface area contributed by atoms with E-state index in [1.165, 1.54) is 18.4 Å². The molecule has 0 amide bonds. The normalized spacial score (nSPS) is 21.4. The molecule has 0 aromatic heterocycles. The Kier molecular flexibility index (Phi) is 4.14. The van der Waals surface area contributed by atoms with Gasteiger partial charge in [0.1, 0.15) is 11.5 Å². The van der Waals surface area contributed by atoms with Crippen molar-refractivity contribution in [2.24, 2.45) is 5.92 Å². The third kappa shape index (κ3) is 3.05. The minimum atomic E-state index is 0.403. The lowest BCUT2D eigenvalue weighted by Gasteiger charge is -2.21. The average molecular weight is 282 g/mol. The summed E-state index contributed by atoms with van der Waals surface area (Å²) in [6.07, 6.45) is 4.70. The molecule has 2 unspecified atom stereocenters. The summed E-state index contributed by atoms with van der Waals surface area (Å²) >= 11 is 0. The van der Waals surface area contributed by atoms with Gasteiger partial charge in [-0.2, -0.15) is 0 Å². The van der Waals surface area contributed by atoms with Crippen molar-refractivity contribution >= 4 is 0 Å². The standard InChI is InChI=1S/C19H22O2/c1-21-16-10-11-19(20)18(13-16)17-9-5-8-15(17)12-14-6-3-2-4-7-14/h2-4,6-7,10-11,13,15,17,20H,5,8-9,12H2,1H3. The molecular formula is C19H22O2. The number of hydrogen-bond donors (Lipinski definition) is 1. The molecule has 0 bridgehead atoms. The van der Waals surface area contributed by atoms with Crippen LogP contribution in [-0.2, 0) is 6.42 Å². The smallest absolute Gasteiger partial charge is 0.119 e. The van der Waals surface area contributed by atoms with Crippen molar-refractivity contribution in [3.05, 3.63) is 59.7 Å². The molecule has 1 aliphatic rings. The van der Waals surface area contributed by atoms with E-state index in [0.717, 1.165) is 24.2 Å². The number of phenolic OH excluding ortho intramolecular Hbond substituents is 1. The predicted molar refractivity (Wildman–Crippen MR) is 84.9 cm³/mol. The Hall–Kier alpha value is -1.96. The van der Waals surface area contributed by atoms with E-state index in [2.05, 4.69) is 30.3 Å². The molecule has 2 aromatic carbocycles. The summed E-state index contributed by atoms with van der Waals surface area (Å²) in [5, 5.41) is 10.2. The van der Waals surface area contributed by atoms with Crippen LogP contribution < -0.4 is 4.74 Å². The number of rotatable bonds is 4. The summed E-state index contributed by atoms with van der Waals surface area (Å²) in [5.74, 6) is 2.26. The maximum absolute atomic E-state index is 10.2. The fourth-order valence-electron chi connectivity index (χ4n) is 3.56. The van der Waals surface area contributed by atoms with E-state index in [0.29, 0.717) is 17.6 Å². The molecule has 0 radical (unpaired) electrons. The van der Waals surface area contributed by atoms with Gasteiger partial charge in [-0.25, -0.2) is 0 Å². The van der Waals surface area contributed by atoms with Gasteiger partial charge in [0.2, 0.25) is 0 Å². The summed E-state index contributed by atoms with van der Waals surface area (Å²) in [4.78, 5) is 0. The topological polar surface area (TPSA) is 29.5 Å². The van der Waals surface area contributed by atoms with Crippen LogP contribution in [0.4, 0.5) is 0 Å². The number of phenols is 1. The quantitative estimate of drug-likeness (QED) is 0.893. The van der Waals surface area contributed by atoms with Gasteiger partial charge in [-0.1, -0.05) is 36.8 Å². The highest BCUT2D eigenvalue weighted by Gasteiger charge is 2.30. The molecule has 1 aliphatic carbocycles. The van der Waals surface area contributed by atoms with Gasteiger partial charge in [0.05, 0.1) is 7.11 Å². The lowest BCUT2D eigenvalue weighted by molar-refractivity contribution is 0.403. The number of ether oxygens (including phenoxy) is 1. The van der Waals surface area contributed by atoms with Crippen molar-refractivity contribution in [3.8, 4) is 11.5 Å². The van der Waals surface area contributed by atoms with Crippen molar-refractivity contribution < 1.29 is 9.84 Å². The number of hydrogen-bond acceptors (Lipinski definition) is 2. The van der Waals surface area contributed by atoms with Crippen molar-refractivity contribution in [1.82, 2.24) is 0 Å². The van der Waals surface area contributed by atoms with Crippen LogP contribution in [0.2, 0.25) is 0 Å². The lowest BCUT2D eigenvalue weighted by atomic mass is 9.84. The van der Waals surface area contributed by atoms with Crippen LogP contribution in [0.5, 0.6) is 11.5 Å². The second-order valence-corrected chi connectivity index (χ2v) is 5.91. The molecule has 2 aromatic rings. The van der Waals surface area contributed by atoms with Crippen LogP contribution in [-0.4, -0.2) is 12.2 Å². The Morgan fingerprint density at radius 1 is 1.10 bits per heavy atom. The Bertz CT molecular complexity index is 592. The Balaban J connectivity index is 1.84. The first-order valence-corrected chi connectivity index (χ1v) is 7.69. The second kappa shape index (κ2) is 6.21. The minimum Gasteiger partial charge on any atom is -0.508 e. The molecule has 1 saturated carbocycles. The molecule has 21 heavy (non-hydrogen) atoms. The van der Waals surface area contributed by atoms with Gasteiger partial charge in [-0.3, -0.25) is 0 Å². The zero-order chi connectivity index (χ0) is 14.7. The number of methoxy groups -OCH3 is 1. The van der Waals surface area contributed by atoms with Gasteiger partial charge in [0.25, 0.3) is 0 Å². The summed E-state index contributed by atoms with van der Waals surface area (Å²) in [7, 11) is 1.67. The second-order valence-electron chi connectivity index (χ2n) is 5.91. The zero-order valence-corrected chi connectivity index (χ0v) is 12.5. The van der Waals surface area contributed by atoms with E-state index in [1.54, 1.807) is 13.2 Å². The molecule has 0 spiro atoms. The molecule has 110 valence electrons. The molecule has 3 rings (SSSR count). The highest BCUT2D eigenvalue weighted by molar-refractivity contribution is 5.42. The minimum absolute atomic E-state index is 0.403. The summed E-state index contributed by atoms with van der Waals surface area (Å²) in [6.45, 7) is 0. The van der Waals surface area contributed by atoms with Crippen molar-refractivity contribution in [3.63, 3.8) is 0 Å². The van der Waals surface area contributed by atoms with Crippen molar-refractivity contribution in [1.29, 1.82) is 0 Å². The Morgan fingerprint density at radius 3 is 2.67 bits per heavy atom. The van der Waals surface area contributed by atoms with Crippen LogP contribution in [0.1, 0.15) is 36.3 Å². The zero-order valence-electron chi connectivity index (χ0n) is 12.5. The number of benzene rings is 2. The van der Waals surface area contributed by atoms with Gasteiger partial charge in [0, 0.05) is 5.56 Å². The molecular weight excluding hydrogens is 260 g/mol. The largest absolute Gasteiger partial charge is 0.508 e. The molecule has 1 N–H and O–H groups in total. The van der Waals surface area contributed by atoms with E-state index in [1.807, 2.05) is 12.1 Å². The van der Waals surface area contributed by atoms with E-state index in [-0.39, 0.29) is 0 Å². The highest BCUT2D eigenvalue weighted by atomic mass is 16.5. The highest BCUT2D eigenvalue weighted by Crippen LogP contribution is 2.45. The lowest BCUT2D eigenvalue weighted by Crippen LogP contribution is -2.10. The molecule has 2 heteroatoms. The maximum Gasteiger partial charge on any atom is 0.119 e. The summed E-state index contributed by atoms with van der Waals surface area (Å²) in [5.41, 5.74) is 2.43. The first kappa shape index (κ1) is 14.0. The van der Waals surface area contributed by atoms with Gasteiger partial charge in [-0.15, -0.1) is 0 Å². The van der Waals surface area contributed by atoms with Gasteiger partial charge < -0.3 is 9.84 Å². The average Bonchev–Trinajstić information content (AvgIpc) is 2.97. The monoisotopic (exact) mass is 282 g/mol. The third-order valence-electron chi connectivity index (χ3n) is 4.63. The van der Waals surface area contributed by atoms with Crippen molar-refractivity contribution in [2.45, 2.75) is 31.6 Å². The molecule has 0 aliphatic heterocycles. The fourth-order valence-corrected chi connectivity index (χ4v) is 3.56. The van der Waals surface area contributed by atoms with Crippen LogP contribution in [0.25, 0.3) is 0 Å². The van der Waals surface area contributed by atoms with E-state index >= 15 is 0 Å². The van der Waals surface area contributed by atoms with Gasteiger partial charge >= 0.3 is 0 Å². The molecule has 0 heterocycles. The molecule has 2 nitrogen and oxygen atoms in total. The van der Waals surface area contributed by atoms with Gasteiger partial charge in [0.15, 0.2) is 0 Å². The molecule has 0 saturated heterocycles. The van der Waals surface area contributed by atoms with E-state index in [9.17, 15) is 5.11 Å². The Morgan fingerprint density at radius 2 is 1.90 bits per heavy atom. The van der Waals surface area contributed by atoms with Crippen LogP contribution in [0.15, 0.2) is 48.5 Å². The third-order valence-corrected chi connectivity index (χ3v) is 4.63. The molecule has 2 atom stereocenters. The first-order chi connectivity index (χ1) is 10.3. The predicted octanol–water partition coefficient (Wildman–Crippen LogP) is 4.53.